The van der Waals surface area contributed by atoms with E-state index in [0.717, 1.165) is 57.7 Å². The Morgan fingerprint density at radius 3 is 2.42 bits per heavy atom. The average molecular weight is 335 g/mol. The van der Waals surface area contributed by atoms with Gasteiger partial charge in [0.2, 0.25) is 11.7 Å². The first-order chi connectivity index (χ1) is 11.7. The molecule has 0 unspecified atom stereocenters. The highest BCUT2D eigenvalue weighted by Gasteiger charge is 2.25. The number of ether oxygens (including phenoxy) is 1. The molecule has 0 atom stereocenters. The first-order valence-electron chi connectivity index (χ1n) is 8.54. The second-order valence-electron chi connectivity index (χ2n) is 6.41. The number of rotatable bonds is 5. The minimum absolute atomic E-state index is 0.253. The summed E-state index contributed by atoms with van der Waals surface area (Å²) in [6.45, 7) is 6.49. The van der Waals surface area contributed by atoms with Gasteiger partial charge in [-0.3, -0.25) is 14.6 Å². The van der Waals surface area contributed by atoms with Crippen molar-refractivity contribution in [3.63, 3.8) is 0 Å². The summed E-state index contributed by atoms with van der Waals surface area (Å²) < 4.78 is 9.96. The Morgan fingerprint density at radius 1 is 1.08 bits per heavy atom. The molecule has 2 aliphatic heterocycles. The van der Waals surface area contributed by atoms with Crippen molar-refractivity contribution in [1.82, 2.24) is 14.7 Å². The molecule has 0 aromatic carbocycles. The first-order valence-corrected chi connectivity index (χ1v) is 8.54. The second kappa shape index (κ2) is 7.81. The lowest BCUT2D eigenvalue weighted by molar-refractivity contribution is -0.131. The van der Waals surface area contributed by atoms with E-state index in [1.807, 2.05) is 11.0 Å². The summed E-state index contributed by atoms with van der Waals surface area (Å²) in [6.07, 6.45) is 3.78. The summed E-state index contributed by atoms with van der Waals surface area (Å²) in [5.74, 6) is 0.0951. The number of hydrogen-bond donors (Lipinski definition) is 0. The molecule has 7 nitrogen and oxygen atoms in total. The van der Waals surface area contributed by atoms with E-state index in [0.29, 0.717) is 13.1 Å². The lowest BCUT2D eigenvalue weighted by atomic mass is 10.2. The van der Waals surface area contributed by atoms with E-state index >= 15 is 0 Å². The minimum atomic E-state index is -0.440. The maximum absolute atomic E-state index is 12.2. The topological polar surface area (TPSA) is 66.2 Å². The van der Waals surface area contributed by atoms with Gasteiger partial charge in [-0.05, 0) is 18.9 Å². The molecule has 1 aromatic rings. The lowest BCUT2D eigenvalue weighted by Crippen LogP contribution is -2.49. The van der Waals surface area contributed by atoms with Gasteiger partial charge in [0.15, 0.2) is 0 Å². The van der Waals surface area contributed by atoms with Gasteiger partial charge in [0.1, 0.15) is 0 Å². The van der Waals surface area contributed by atoms with Crippen LogP contribution < -0.4 is 0 Å². The number of carbonyl (C=O) groups excluding carboxylic acids is 2. The quantitative estimate of drug-likeness (QED) is 0.742. The molecule has 3 heterocycles. The molecular weight excluding hydrogens is 310 g/mol. The molecule has 1 amide bonds. The highest BCUT2D eigenvalue weighted by molar-refractivity contribution is 5.87. The predicted octanol–water partition coefficient (Wildman–Crippen LogP) is 0.806. The van der Waals surface area contributed by atoms with Crippen molar-refractivity contribution in [1.29, 1.82) is 0 Å². The molecule has 0 saturated carbocycles. The van der Waals surface area contributed by atoms with Crippen molar-refractivity contribution in [2.75, 3.05) is 52.9 Å². The van der Waals surface area contributed by atoms with E-state index in [1.54, 1.807) is 0 Å². The Kier molecular flexibility index (Phi) is 5.52. The fraction of sp³-hybridized carbons (Fsp3) is 0.647. The number of furan rings is 1. The third-order valence-electron chi connectivity index (χ3n) is 4.79. The standard InChI is InChI=1S/C17H25N3O4/c1-23-17(22)16-14(4-11-24-16)12-18-7-9-19(10-8-18)13-15(21)20-5-2-3-6-20/h4,11H,2-3,5-10,12-13H2,1H3. The number of esters is 1. The zero-order chi connectivity index (χ0) is 16.9. The van der Waals surface area contributed by atoms with Crippen molar-refractivity contribution in [2.45, 2.75) is 19.4 Å². The van der Waals surface area contributed by atoms with E-state index in [9.17, 15) is 9.59 Å². The van der Waals surface area contributed by atoms with Crippen LogP contribution in [0.3, 0.4) is 0 Å². The molecule has 0 spiro atoms. The zero-order valence-electron chi connectivity index (χ0n) is 14.2. The van der Waals surface area contributed by atoms with Gasteiger partial charge in [0.25, 0.3) is 0 Å². The minimum Gasteiger partial charge on any atom is -0.463 e. The van der Waals surface area contributed by atoms with Crippen LogP contribution in [0.25, 0.3) is 0 Å². The number of hydrogen-bond acceptors (Lipinski definition) is 6. The Hall–Kier alpha value is -1.86. The van der Waals surface area contributed by atoms with Crippen molar-refractivity contribution >= 4 is 11.9 Å². The van der Waals surface area contributed by atoms with Crippen LogP contribution in [0.15, 0.2) is 16.7 Å². The van der Waals surface area contributed by atoms with Crippen LogP contribution in [-0.4, -0.2) is 79.5 Å². The van der Waals surface area contributed by atoms with E-state index in [2.05, 4.69) is 9.80 Å². The summed E-state index contributed by atoms with van der Waals surface area (Å²) in [5, 5.41) is 0. The number of carbonyl (C=O) groups is 2. The monoisotopic (exact) mass is 335 g/mol. The maximum atomic E-state index is 12.2. The number of methoxy groups -OCH3 is 1. The normalized spacial score (nSPS) is 19.6. The molecule has 0 aliphatic carbocycles. The van der Waals surface area contributed by atoms with E-state index in [-0.39, 0.29) is 11.7 Å². The number of likely N-dealkylation sites (tertiary alicyclic amines) is 1. The average Bonchev–Trinajstić information content (AvgIpc) is 3.27. The maximum Gasteiger partial charge on any atom is 0.374 e. The Balaban J connectivity index is 1.46. The SMILES string of the molecule is COC(=O)c1occc1CN1CCN(CC(=O)N2CCCC2)CC1. The molecule has 24 heavy (non-hydrogen) atoms. The summed E-state index contributed by atoms with van der Waals surface area (Å²) in [6, 6.07) is 1.82. The smallest absolute Gasteiger partial charge is 0.374 e. The fourth-order valence-corrected chi connectivity index (χ4v) is 3.34. The summed E-state index contributed by atoms with van der Waals surface area (Å²) in [7, 11) is 1.35. The van der Waals surface area contributed by atoms with E-state index in [4.69, 9.17) is 9.15 Å². The number of nitrogens with zero attached hydrogens (tertiary/aromatic N) is 3. The molecule has 0 bridgehead atoms. The Morgan fingerprint density at radius 2 is 1.75 bits per heavy atom. The Bertz CT molecular complexity index is 572. The molecule has 0 radical (unpaired) electrons. The molecule has 7 heteroatoms. The van der Waals surface area contributed by atoms with Crippen LogP contribution in [0.4, 0.5) is 0 Å². The molecule has 2 aliphatic rings. The van der Waals surface area contributed by atoms with Gasteiger partial charge in [0, 0.05) is 51.4 Å². The predicted molar refractivity (Wildman–Crippen MR) is 87.6 cm³/mol. The summed E-state index contributed by atoms with van der Waals surface area (Å²) in [5.41, 5.74) is 0.850. The molecule has 1 aromatic heterocycles. The van der Waals surface area contributed by atoms with Crippen LogP contribution >= 0.6 is 0 Å². The van der Waals surface area contributed by atoms with Crippen LogP contribution in [0.1, 0.15) is 29.0 Å². The molecule has 2 saturated heterocycles. The third-order valence-corrected chi connectivity index (χ3v) is 4.79. The van der Waals surface area contributed by atoms with Gasteiger partial charge in [0.05, 0.1) is 19.9 Å². The van der Waals surface area contributed by atoms with Crippen molar-refractivity contribution in [3.8, 4) is 0 Å². The molecule has 2 fully saturated rings. The lowest BCUT2D eigenvalue weighted by Gasteiger charge is -2.34. The van der Waals surface area contributed by atoms with Gasteiger partial charge < -0.3 is 14.1 Å². The largest absolute Gasteiger partial charge is 0.463 e. The Labute approximate surface area is 142 Å². The van der Waals surface area contributed by atoms with E-state index < -0.39 is 5.97 Å². The highest BCUT2D eigenvalue weighted by Crippen LogP contribution is 2.16. The third kappa shape index (κ3) is 3.96. The summed E-state index contributed by atoms with van der Waals surface area (Å²) >= 11 is 0. The van der Waals surface area contributed by atoms with Crippen LogP contribution in [-0.2, 0) is 16.1 Å². The molecule has 3 rings (SSSR count). The summed E-state index contributed by atoms with van der Waals surface area (Å²) in [4.78, 5) is 30.3. The van der Waals surface area contributed by atoms with Gasteiger partial charge in [-0.15, -0.1) is 0 Å². The molecule has 132 valence electrons. The highest BCUT2D eigenvalue weighted by atomic mass is 16.5. The van der Waals surface area contributed by atoms with Crippen LogP contribution in [0, 0.1) is 0 Å². The van der Waals surface area contributed by atoms with Gasteiger partial charge in [-0.25, -0.2) is 4.79 Å². The fourth-order valence-electron chi connectivity index (χ4n) is 3.34. The van der Waals surface area contributed by atoms with Gasteiger partial charge >= 0.3 is 5.97 Å². The van der Waals surface area contributed by atoms with Crippen molar-refractivity contribution < 1.29 is 18.7 Å². The first kappa shape index (κ1) is 17.0. The molecular formula is C17H25N3O4. The van der Waals surface area contributed by atoms with Crippen molar-refractivity contribution in [2.24, 2.45) is 0 Å². The van der Waals surface area contributed by atoms with Crippen molar-refractivity contribution in [3.05, 3.63) is 23.7 Å². The van der Waals surface area contributed by atoms with Gasteiger partial charge in [-0.2, -0.15) is 0 Å². The van der Waals surface area contributed by atoms with Crippen LogP contribution in [0.5, 0.6) is 0 Å². The number of piperazine rings is 1. The number of amides is 1. The second-order valence-corrected chi connectivity index (χ2v) is 6.41. The zero-order valence-corrected chi connectivity index (χ0v) is 14.2. The molecule has 0 N–H and O–H groups in total. The van der Waals surface area contributed by atoms with Crippen LogP contribution in [0.2, 0.25) is 0 Å². The van der Waals surface area contributed by atoms with Gasteiger partial charge in [-0.1, -0.05) is 0 Å². The van der Waals surface area contributed by atoms with E-state index in [1.165, 1.54) is 13.4 Å².